The van der Waals surface area contributed by atoms with Crippen LogP contribution in [0.25, 0.3) is 0 Å². The lowest BCUT2D eigenvalue weighted by atomic mass is 10.2. The molecule has 1 fully saturated rings. The third-order valence-electron chi connectivity index (χ3n) is 3.80. The fourth-order valence-corrected chi connectivity index (χ4v) is 2.53. The number of non-ortho nitro benzene ring substituents is 1. The molecule has 0 aliphatic carbocycles. The van der Waals surface area contributed by atoms with Crippen molar-refractivity contribution in [3.05, 3.63) is 34.4 Å². The van der Waals surface area contributed by atoms with Gasteiger partial charge >= 0.3 is 0 Å². The van der Waals surface area contributed by atoms with Crippen molar-refractivity contribution in [1.82, 2.24) is 10.2 Å². The molecule has 0 aromatic heterocycles. The second-order valence-corrected chi connectivity index (χ2v) is 5.47. The van der Waals surface area contributed by atoms with Gasteiger partial charge in [-0.15, -0.1) is 12.4 Å². The van der Waals surface area contributed by atoms with Gasteiger partial charge in [-0.25, -0.2) is 0 Å². The number of anilines is 1. The van der Waals surface area contributed by atoms with Crippen LogP contribution in [0.1, 0.15) is 19.8 Å². The second-order valence-electron chi connectivity index (χ2n) is 5.47. The smallest absolute Gasteiger partial charge is 0.269 e. The molecule has 1 saturated heterocycles. The van der Waals surface area contributed by atoms with Crippen molar-refractivity contribution in [2.24, 2.45) is 0 Å². The number of carbonyl (C=O) groups excluding carboxylic acids is 1. The molecule has 2 N–H and O–H groups in total. The van der Waals surface area contributed by atoms with Crippen molar-refractivity contribution in [3.63, 3.8) is 0 Å². The zero-order chi connectivity index (χ0) is 15.9. The first-order chi connectivity index (χ1) is 10.6. The zero-order valence-corrected chi connectivity index (χ0v) is 14.0. The Kier molecular flexibility index (Phi) is 7.77. The lowest BCUT2D eigenvalue weighted by Crippen LogP contribution is -2.52. The summed E-state index contributed by atoms with van der Waals surface area (Å²) in [5, 5.41) is 17.0. The molecular formula is C15H23ClN4O3. The predicted octanol–water partition coefficient (Wildman–Crippen LogP) is 2.03. The topological polar surface area (TPSA) is 87.5 Å². The Morgan fingerprint density at radius 2 is 2.13 bits per heavy atom. The maximum atomic E-state index is 12.1. The highest BCUT2D eigenvalue weighted by atomic mass is 35.5. The molecule has 1 atom stereocenters. The quantitative estimate of drug-likeness (QED) is 0.469. The highest BCUT2D eigenvalue weighted by molar-refractivity contribution is 5.85. The van der Waals surface area contributed by atoms with Crippen LogP contribution < -0.4 is 10.6 Å². The predicted molar refractivity (Wildman–Crippen MR) is 92.1 cm³/mol. The van der Waals surface area contributed by atoms with Crippen LogP contribution in [0.5, 0.6) is 0 Å². The van der Waals surface area contributed by atoms with Gasteiger partial charge in [-0.3, -0.25) is 14.9 Å². The number of nitro benzene ring substituents is 1. The molecular weight excluding hydrogens is 320 g/mol. The molecule has 1 amide bonds. The summed E-state index contributed by atoms with van der Waals surface area (Å²) in [7, 11) is 0. The minimum Gasteiger partial charge on any atom is -0.385 e. The Morgan fingerprint density at radius 3 is 2.74 bits per heavy atom. The first-order valence-electron chi connectivity index (χ1n) is 7.56. The molecule has 8 heteroatoms. The highest BCUT2D eigenvalue weighted by Gasteiger charge is 2.22. The number of piperazine rings is 1. The molecule has 0 saturated carbocycles. The van der Waals surface area contributed by atoms with Gasteiger partial charge in [-0.2, -0.15) is 0 Å². The van der Waals surface area contributed by atoms with Gasteiger partial charge in [0.15, 0.2) is 0 Å². The number of hydrogen-bond acceptors (Lipinski definition) is 5. The standard InChI is InChI=1S/C15H22N4O3.ClH/c1-12-11-16-9-10-18(12)15(20)3-2-8-17-13-4-6-14(7-5-13)19(21)22;/h4-7,12,16-17H,2-3,8-11H2,1H3;1H. The average molecular weight is 343 g/mol. The van der Waals surface area contributed by atoms with Gasteiger partial charge in [-0.1, -0.05) is 0 Å². The van der Waals surface area contributed by atoms with Crippen LogP contribution >= 0.6 is 12.4 Å². The molecule has 1 aliphatic heterocycles. The molecule has 1 aromatic rings. The number of hydrogen-bond donors (Lipinski definition) is 2. The first kappa shape index (κ1) is 19.2. The van der Waals surface area contributed by atoms with E-state index in [1.165, 1.54) is 12.1 Å². The van der Waals surface area contributed by atoms with Crippen molar-refractivity contribution < 1.29 is 9.72 Å². The summed E-state index contributed by atoms with van der Waals surface area (Å²) in [5.41, 5.74) is 0.905. The molecule has 1 aliphatic rings. The number of nitrogens with one attached hydrogen (secondary N) is 2. The average Bonchev–Trinajstić information content (AvgIpc) is 2.52. The number of nitro groups is 1. The fourth-order valence-electron chi connectivity index (χ4n) is 2.53. The molecule has 0 radical (unpaired) electrons. The molecule has 1 unspecified atom stereocenters. The summed E-state index contributed by atoms with van der Waals surface area (Å²) >= 11 is 0. The fraction of sp³-hybridized carbons (Fsp3) is 0.533. The van der Waals surface area contributed by atoms with Crippen LogP contribution in [0, 0.1) is 10.1 Å². The Balaban J connectivity index is 0.00000264. The highest BCUT2D eigenvalue weighted by Crippen LogP contribution is 2.15. The normalized spacial score (nSPS) is 17.3. The molecule has 128 valence electrons. The van der Waals surface area contributed by atoms with Crippen molar-refractivity contribution in [1.29, 1.82) is 0 Å². The molecule has 1 heterocycles. The Labute approximate surface area is 142 Å². The Bertz CT molecular complexity index is 524. The summed E-state index contributed by atoms with van der Waals surface area (Å²) in [6.07, 6.45) is 1.26. The Hall–Kier alpha value is -1.86. The lowest BCUT2D eigenvalue weighted by Gasteiger charge is -2.34. The summed E-state index contributed by atoms with van der Waals surface area (Å²) in [5.74, 6) is 0.194. The molecule has 0 spiro atoms. The van der Waals surface area contributed by atoms with Gasteiger partial charge < -0.3 is 15.5 Å². The van der Waals surface area contributed by atoms with Gasteiger partial charge in [0.1, 0.15) is 0 Å². The van der Waals surface area contributed by atoms with Gasteiger partial charge in [0.25, 0.3) is 5.69 Å². The summed E-state index contributed by atoms with van der Waals surface area (Å²) in [6.45, 7) is 5.21. The molecule has 23 heavy (non-hydrogen) atoms. The van der Waals surface area contributed by atoms with E-state index in [0.717, 1.165) is 31.7 Å². The van der Waals surface area contributed by atoms with Gasteiger partial charge in [0.2, 0.25) is 5.91 Å². The minimum atomic E-state index is -0.420. The number of nitrogens with zero attached hydrogens (tertiary/aromatic N) is 2. The Morgan fingerprint density at radius 1 is 1.43 bits per heavy atom. The van der Waals surface area contributed by atoms with E-state index in [4.69, 9.17) is 0 Å². The molecule has 1 aromatic carbocycles. The van der Waals surface area contributed by atoms with Crippen LogP contribution in [-0.2, 0) is 4.79 Å². The van der Waals surface area contributed by atoms with Crippen LogP contribution in [0.2, 0.25) is 0 Å². The summed E-state index contributed by atoms with van der Waals surface area (Å²) in [6, 6.07) is 6.55. The van der Waals surface area contributed by atoms with Crippen molar-refractivity contribution in [2.75, 3.05) is 31.5 Å². The number of carbonyl (C=O) groups is 1. The van der Waals surface area contributed by atoms with Gasteiger partial charge in [0.05, 0.1) is 4.92 Å². The van der Waals surface area contributed by atoms with E-state index in [9.17, 15) is 14.9 Å². The van der Waals surface area contributed by atoms with E-state index >= 15 is 0 Å². The number of amides is 1. The van der Waals surface area contributed by atoms with Gasteiger partial charge in [0, 0.05) is 56.5 Å². The van der Waals surface area contributed by atoms with E-state index in [0.29, 0.717) is 13.0 Å². The maximum Gasteiger partial charge on any atom is 0.269 e. The van der Waals surface area contributed by atoms with Crippen molar-refractivity contribution >= 4 is 29.7 Å². The van der Waals surface area contributed by atoms with Crippen LogP contribution in [0.15, 0.2) is 24.3 Å². The second kappa shape index (κ2) is 9.32. The monoisotopic (exact) mass is 342 g/mol. The van der Waals surface area contributed by atoms with Crippen molar-refractivity contribution in [3.8, 4) is 0 Å². The minimum absolute atomic E-state index is 0. The lowest BCUT2D eigenvalue weighted by molar-refractivity contribution is -0.384. The van der Waals surface area contributed by atoms with E-state index in [2.05, 4.69) is 17.6 Å². The molecule has 0 bridgehead atoms. The SMILES string of the molecule is CC1CNCCN1C(=O)CCCNc1ccc([N+](=O)[O-])cc1.Cl. The van der Waals surface area contributed by atoms with Crippen molar-refractivity contribution in [2.45, 2.75) is 25.8 Å². The van der Waals surface area contributed by atoms with E-state index < -0.39 is 4.92 Å². The summed E-state index contributed by atoms with van der Waals surface area (Å²) in [4.78, 5) is 24.2. The molecule has 7 nitrogen and oxygen atoms in total. The van der Waals surface area contributed by atoms with E-state index in [1.807, 2.05) is 4.90 Å². The van der Waals surface area contributed by atoms with Crippen LogP contribution in [-0.4, -0.2) is 48.0 Å². The van der Waals surface area contributed by atoms with Crippen LogP contribution in [0.4, 0.5) is 11.4 Å². The number of rotatable bonds is 6. The molecule has 2 rings (SSSR count). The third kappa shape index (κ3) is 5.69. The van der Waals surface area contributed by atoms with Gasteiger partial charge in [-0.05, 0) is 25.5 Å². The summed E-state index contributed by atoms with van der Waals surface area (Å²) < 4.78 is 0. The van der Waals surface area contributed by atoms with E-state index in [1.54, 1.807) is 12.1 Å². The van der Waals surface area contributed by atoms with Crippen LogP contribution in [0.3, 0.4) is 0 Å². The first-order valence-corrected chi connectivity index (χ1v) is 7.56. The third-order valence-corrected chi connectivity index (χ3v) is 3.80. The zero-order valence-electron chi connectivity index (χ0n) is 13.2. The largest absolute Gasteiger partial charge is 0.385 e. The van der Waals surface area contributed by atoms with E-state index in [-0.39, 0.29) is 30.0 Å². The number of halogens is 1. The maximum absolute atomic E-state index is 12.1. The number of benzene rings is 1.